The first-order chi connectivity index (χ1) is 14.0. The molecule has 1 heterocycles. The minimum Gasteiger partial charge on any atom is -0.497 e. The number of aryl methyl sites for hydroxylation is 1. The molecule has 168 valence electrons. The Balaban J connectivity index is 0.00000450. The van der Waals surface area contributed by atoms with Crippen LogP contribution < -0.4 is 14.8 Å². The van der Waals surface area contributed by atoms with Crippen LogP contribution in [0.3, 0.4) is 0 Å². The van der Waals surface area contributed by atoms with Crippen LogP contribution in [0.15, 0.2) is 27.7 Å². The first-order valence-electron chi connectivity index (χ1n) is 10.0. The summed E-state index contributed by atoms with van der Waals surface area (Å²) in [7, 11) is 5.33. The van der Waals surface area contributed by atoms with Crippen LogP contribution in [-0.4, -0.2) is 55.4 Å². The van der Waals surface area contributed by atoms with Crippen molar-refractivity contribution in [3.05, 3.63) is 35.5 Å². The van der Waals surface area contributed by atoms with Crippen molar-refractivity contribution in [2.45, 2.75) is 46.1 Å². The predicted molar refractivity (Wildman–Crippen MR) is 129 cm³/mol. The van der Waals surface area contributed by atoms with Gasteiger partial charge in [0.1, 0.15) is 11.5 Å². The van der Waals surface area contributed by atoms with Crippen LogP contribution >= 0.6 is 24.0 Å². The highest BCUT2D eigenvalue weighted by molar-refractivity contribution is 14.0. The molecule has 0 amide bonds. The lowest BCUT2D eigenvalue weighted by Crippen LogP contribution is -2.38. The van der Waals surface area contributed by atoms with Gasteiger partial charge in [-0.1, -0.05) is 19.0 Å². The topological polar surface area (TPSA) is 85.0 Å². The Labute approximate surface area is 196 Å². The molecule has 0 radical (unpaired) electrons. The van der Waals surface area contributed by atoms with E-state index in [4.69, 9.17) is 19.0 Å². The van der Waals surface area contributed by atoms with Gasteiger partial charge in [0.25, 0.3) is 0 Å². The first-order valence-corrected chi connectivity index (χ1v) is 10.0. The molecule has 9 heteroatoms. The summed E-state index contributed by atoms with van der Waals surface area (Å²) in [5.41, 5.74) is 1.06. The molecule has 1 aromatic carbocycles. The Bertz CT molecular complexity index is 795. The maximum Gasteiger partial charge on any atom is 0.226 e. The van der Waals surface area contributed by atoms with Crippen LogP contribution in [0.1, 0.15) is 50.4 Å². The number of nitrogens with zero attached hydrogens (tertiary/aromatic N) is 4. The Kier molecular flexibility index (Phi) is 11.5. The number of rotatable bonds is 10. The lowest BCUT2D eigenvalue weighted by molar-refractivity contribution is 0.369. The smallest absolute Gasteiger partial charge is 0.226 e. The quantitative estimate of drug-likeness (QED) is 0.216. The number of hydrogen-bond acceptors (Lipinski definition) is 6. The van der Waals surface area contributed by atoms with Crippen LogP contribution in [0, 0.1) is 0 Å². The highest BCUT2D eigenvalue weighted by atomic mass is 127. The Morgan fingerprint density at radius 2 is 2.03 bits per heavy atom. The number of methoxy groups -OCH3 is 2. The average molecular weight is 531 g/mol. The molecule has 0 aliphatic rings. The summed E-state index contributed by atoms with van der Waals surface area (Å²) < 4.78 is 16.1. The van der Waals surface area contributed by atoms with Crippen LogP contribution in [0.2, 0.25) is 0 Å². The number of aromatic nitrogens is 2. The molecular weight excluding hydrogens is 497 g/mol. The predicted octanol–water partition coefficient (Wildman–Crippen LogP) is 3.86. The summed E-state index contributed by atoms with van der Waals surface area (Å²) in [5, 5.41) is 7.34. The largest absolute Gasteiger partial charge is 0.497 e. The van der Waals surface area contributed by atoms with Gasteiger partial charge < -0.3 is 24.2 Å². The van der Waals surface area contributed by atoms with Gasteiger partial charge >= 0.3 is 0 Å². The summed E-state index contributed by atoms with van der Waals surface area (Å²) >= 11 is 0. The summed E-state index contributed by atoms with van der Waals surface area (Å²) in [6.07, 6.45) is 1.56. The van der Waals surface area contributed by atoms with E-state index in [0.29, 0.717) is 19.0 Å². The zero-order valence-electron chi connectivity index (χ0n) is 18.8. The third-order valence-corrected chi connectivity index (χ3v) is 4.41. The molecule has 0 unspecified atom stereocenters. The van der Waals surface area contributed by atoms with E-state index in [1.54, 1.807) is 14.2 Å². The monoisotopic (exact) mass is 531 g/mol. The zero-order chi connectivity index (χ0) is 21.2. The fourth-order valence-electron chi connectivity index (χ4n) is 2.80. The van der Waals surface area contributed by atoms with Crippen molar-refractivity contribution in [2.24, 2.45) is 4.99 Å². The molecule has 0 fully saturated rings. The fourth-order valence-corrected chi connectivity index (χ4v) is 2.80. The van der Waals surface area contributed by atoms with Crippen molar-refractivity contribution in [2.75, 3.05) is 34.4 Å². The van der Waals surface area contributed by atoms with E-state index in [1.807, 2.05) is 25.2 Å². The van der Waals surface area contributed by atoms with E-state index in [2.05, 4.69) is 41.1 Å². The van der Waals surface area contributed by atoms with Gasteiger partial charge in [0.05, 0.1) is 14.2 Å². The number of guanidine groups is 1. The van der Waals surface area contributed by atoms with Crippen molar-refractivity contribution < 1.29 is 14.0 Å². The molecule has 2 rings (SSSR count). The van der Waals surface area contributed by atoms with Gasteiger partial charge in [0.15, 0.2) is 11.8 Å². The zero-order valence-corrected chi connectivity index (χ0v) is 21.1. The van der Waals surface area contributed by atoms with E-state index in [0.717, 1.165) is 48.2 Å². The van der Waals surface area contributed by atoms with Crippen molar-refractivity contribution in [3.8, 4) is 11.5 Å². The van der Waals surface area contributed by atoms with Crippen LogP contribution in [-0.2, 0) is 13.0 Å². The van der Waals surface area contributed by atoms with E-state index in [9.17, 15) is 0 Å². The molecule has 30 heavy (non-hydrogen) atoms. The molecule has 1 N–H and O–H groups in total. The SMILES string of the molecule is CCNC(=NCCCc1nc(C(C)C)no1)N(C)Cc1ccc(OC)cc1OC.I. The van der Waals surface area contributed by atoms with Crippen LogP contribution in [0.5, 0.6) is 11.5 Å². The van der Waals surface area contributed by atoms with Crippen LogP contribution in [0.25, 0.3) is 0 Å². The number of nitrogens with one attached hydrogen (secondary N) is 1. The maximum absolute atomic E-state index is 5.50. The molecular formula is C21H34IN5O3. The average Bonchev–Trinajstić information content (AvgIpc) is 3.19. The Morgan fingerprint density at radius 3 is 2.63 bits per heavy atom. The highest BCUT2D eigenvalue weighted by Gasteiger charge is 2.12. The number of hydrogen-bond donors (Lipinski definition) is 1. The number of ether oxygens (including phenoxy) is 2. The molecule has 2 aromatic rings. The number of halogens is 1. The van der Waals surface area contributed by atoms with Gasteiger partial charge in [0, 0.05) is 50.7 Å². The molecule has 0 atom stereocenters. The number of benzene rings is 1. The molecule has 0 bridgehead atoms. The van der Waals surface area contributed by atoms with E-state index in [1.165, 1.54) is 0 Å². The summed E-state index contributed by atoms with van der Waals surface area (Å²) in [6.45, 7) is 8.30. The Hall–Kier alpha value is -2.04. The molecule has 1 aromatic heterocycles. The lowest BCUT2D eigenvalue weighted by atomic mass is 10.2. The fraction of sp³-hybridized carbons (Fsp3) is 0.571. The molecule has 8 nitrogen and oxygen atoms in total. The third kappa shape index (κ3) is 7.66. The van der Waals surface area contributed by atoms with Gasteiger partial charge in [-0.25, -0.2) is 0 Å². The molecule has 0 saturated carbocycles. The van der Waals surface area contributed by atoms with Gasteiger partial charge in [-0.15, -0.1) is 24.0 Å². The Morgan fingerprint density at radius 1 is 1.27 bits per heavy atom. The van der Waals surface area contributed by atoms with E-state index in [-0.39, 0.29) is 29.9 Å². The second-order valence-corrected chi connectivity index (χ2v) is 7.07. The minimum atomic E-state index is 0. The second kappa shape index (κ2) is 13.3. The van der Waals surface area contributed by atoms with Gasteiger partial charge in [-0.3, -0.25) is 4.99 Å². The standard InChI is InChI=1S/C21H33N5O3.HI/c1-7-22-21(23-12-8-9-19-24-20(15(2)3)25-29-19)26(4)14-16-10-11-17(27-5)13-18(16)28-6;/h10-11,13,15H,7-9,12,14H2,1-6H3,(H,22,23);1H. The maximum atomic E-state index is 5.50. The second-order valence-electron chi connectivity index (χ2n) is 7.07. The van der Waals surface area contributed by atoms with Gasteiger partial charge in [-0.05, 0) is 25.5 Å². The van der Waals surface area contributed by atoms with Crippen molar-refractivity contribution in [1.82, 2.24) is 20.4 Å². The lowest BCUT2D eigenvalue weighted by Gasteiger charge is -2.23. The van der Waals surface area contributed by atoms with Crippen molar-refractivity contribution >= 4 is 29.9 Å². The third-order valence-electron chi connectivity index (χ3n) is 4.41. The highest BCUT2D eigenvalue weighted by Crippen LogP contribution is 2.25. The molecule has 0 spiro atoms. The summed E-state index contributed by atoms with van der Waals surface area (Å²) in [6, 6.07) is 5.84. The minimum absolute atomic E-state index is 0. The van der Waals surface area contributed by atoms with E-state index < -0.39 is 0 Å². The van der Waals surface area contributed by atoms with Gasteiger partial charge in [0.2, 0.25) is 5.89 Å². The molecule has 0 saturated heterocycles. The van der Waals surface area contributed by atoms with Gasteiger partial charge in [-0.2, -0.15) is 4.98 Å². The molecule has 0 aliphatic heterocycles. The molecule has 0 aliphatic carbocycles. The summed E-state index contributed by atoms with van der Waals surface area (Å²) in [4.78, 5) is 11.2. The van der Waals surface area contributed by atoms with Crippen LogP contribution in [0.4, 0.5) is 0 Å². The summed E-state index contributed by atoms with van der Waals surface area (Å²) in [5.74, 6) is 4.11. The van der Waals surface area contributed by atoms with Crippen molar-refractivity contribution in [3.63, 3.8) is 0 Å². The first kappa shape index (κ1) is 26.0. The number of aliphatic imine (C=N–C) groups is 1. The van der Waals surface area contributed by atoms with Crippen molar-refractivity contribution in [1.29, 1.82) is 0 Å². The van der Waals surface area contributed by atoms with E-state index >= 15 is 0 Å². The normalized spacial score (nSPS) is 11.2.